The van der Waals surface area contributed by atoms with Crippen LogP contribution in [0.25, 0.3) is 0 Å². The lowest BCUT2D eigenvalue weighted by molar-refractivity contribution is -0.133. The van der Waals surface area contributed by atoms with Crippen molar-refractivity contribution < 1.29 is 24.5 Å². The molecule has 5 heteroatoms. The fourth-order valence-electron chi connectivity index (χ4n) is 3.49. The summed E-state index contributed by atoms with van der Waals surface area (Å²) in [6, 6.07) is 0. The van der Waals surface area contributed by atoms with Gasteiger partial charge in [-0.25, -0.2) is 4.79 Å². The minimum Gasteiger partial charge on any atom is -0.478 e. The number of hydrogen-bond donors (Lipinski definition) is 2. The first-order valence-electron chi connectivity index (χ1n) is 10.6. The second-order valence-corrected chi connectivity index (χ2v) is 8.45. The van der Waals surface area contributed by atoms with Gasteiger partial charge >= 0.3 is 5.97 Å². The summed E-state index contributed by atoms with van der Waals surface area (Å²) in [5, 5.41) is 19.1. The summed E-state index contributed by atoms with van der Waals surface area (Å²) >= 11 is 0. The molecular weight excluding hydrogens is 368 g/mol. The number of carbonyl (C=O) groups is 1. The molecule has 0 heterocycles. The number of carboxylic acids is 1. The summed E-state index contributed by atoms with van der Waals surface area (Å²) in [5.74, 6) is 0.0632. The quantitative estimate of drug-likeness (QED) is 0.192. The monoisotopic (exact) mass is 410 g/mol. The van der Waals surface area contributed by atoms with Crippen LogP contribution in [-0.2, 0) is 14.3 Å². The first-order chi connectivity index (χ1) is 13.6. The van der Waals surface area contributed by atoms with E-state index in [9.17, 15) is 9.90 Å². The zero-order valence-corrected chi connectivity index (χ0v) is 19.0. The van der Waals surface area contributed by atoms with Gasteiger partial charge < -0.3 is 19.7 Å². The SMILES string of the molecule is C=C[C@@H](O)[C@@H](CC/C(C)=C/CC[C@H](C)CC(CC(=C)C(=O)O)OCOC)C(C)C. The largest absolute Gasteiger partial charge is 0.478 e. The van der Waals surface area contributed by atoms with E-state index < -0.39 is 12.1 Å². The molecule has 1 unspecified atom stereocenters. The van der Waals surface area contributed by atoms with Crippen molar-refractivity contribution in [3.8, 4) is 0 Å². The van der Waals surface area contributed by atoms with Gasteiger partial charge in [0.1, 0.15) is 6.79 Å². The highest BCUT2D eigenvalue weighted by atomic mass is 16.7. The Hall–Kier alpha value is -1.43. The Kier molecular flexibility index (Phi) is 14.7. The van der Waals surface area contributed by atoms with E-state index in [0.717, 1.165) is 32.1 Å². The normalized spacial score (nSPS) is 16.3. The molecule has 0 fully saturated rings. The minimum atomic E-state index is -0.983. The van der Waals surface area contributed by atoms with Crippen LogP contribution >= 0.6 is 0 Å². The predicted molar refractivity (Wildman–Crippen MR) is 119 cm³/mol. The number of aliphatic hydroxyl groups excluding tert-OH is 1. The lowest BCUT2D eigenvalue weighted by Gasteiger charge is -2.24. The molecule has 2 N–H and O–H groups in total. The molecule has 0 rings (SSSR count). The standard InChI is InChI=1S/C24H42O5/c1-8-23(25)22(17(2)3)13-12-18(4)10-9-11-19(5)14-21(29-16-28-7)15-20(6)24(26)27/h8,10,17,19,21-23,25H,1,6,9,11-16H2,2-5,7H3,(H,26,27)/b18-10+/t19-,21?,22-,23+/m0/s1. The summed E-state index contributed by atoms with van der Waals surface area (Å²) in [7, 11) is 1.55. The second-order valence-electron chi connectivity index (χ2n) is 8.45. The van der Waals surface area contributed by atoms with Crippen LogP contribution < -0.4 is 0 Å². The van der Waals surface area contributed by atoms with Gasteiger partial charge in [-0.3, -0.25) is 0 Å². The van der Waals surface area contributed by atoms with Crippen LogP contribution in [0, 0.1) is 17.8 Å². The summed E-state index contributed by atoms with van der Waals surface area (Å²) < 4.78 is 10.6. The molecule has 5 nitrogen and oxygen atoms in total. The van der Waals surface area contributed by atoms with E-state index in [-0.39, 0.29) is 24.4 Å². The Morgan fingerprint density at radius 3 is 2.38 bits per heavy atom. The molecule has 0 saturated heterocycles. The molecule has 168 valence electrons. The van der Waals surface area contributed by atoms with Crippen molar-refractivity contribution >= 4 is 5.97 Å². The van der Waals surface area contributed by atoms with Gasteiger partial charge in [0, 0.05) is 19.1 Å². The lowest BCUT2D eigenvalue weighted by Crippen LogP contribution is -2.23. The number of aliphatic hydroxyl groups is 1. The highest BCUT2D eigenvalue weighted by Gasteiger charge is 2.20. The smallest absolute Gasteiger partial charge is 0.331 e. The van der Waals surface area contributed by atoms with Crippen LogP contribution in [0.1, 0.15) is 66.2 Å². The zero-order valence-electron chi connectivity index (χ0n) is 19.0. The van der Waals surface area contributed by atoms with Gasteiger partial charge in [-0.15, -0.1) is 6.58 Å². The van der Waals surface area contributed by atoms with Gasteiger partial charge in [0.2, 0.25) is 0 Å². The topological polar surface area (TPSA) is 76.0 Å². The third kappa shape index (κ3) is 12.7. The van der Waals surface area contributed by atoms with Gasteiger partial charge in [-0.2, -0.15) is 0 Å². The first kappa shape index (κ1) is 27.6. The van der Waals surface area contributed by atoms with Crippen molar-refractivity contribution in [2.24, 2.45) is 17.8 Å². The number of carboxylic acid groups (broad SMARTS) is 1. The number of ether oxygens (including phenoxy) is 2. The van der Waals surface area contributed by atoms with Gasteiger partial charge in [0.25, 0.3) is 0 Å². The van der Waals surface area contributed by atoms with E-state index in [2.05, 4.69) is 46.9 Å². The highest BCUT2D eigenvalue weighted by molar-refractivity contribution is 5.85. The molecule has 0 amide bonds. The van der Waals surface area contributed by atoms with Crippen molar-refractivity contribution in [2.45, 2.75) is 78.4 Å². The molecule has 0 saturated carbocycles. The summed E-state index contributed by atoms with van der Waals surface area (Å²) in [6.07, 6.45) is 8.23. The maximum atomic E-state index is 11.0. The number of methoxy groups -OCH3 is 1. The average Bonchev–Trinajstić information content (AvgIpc) is 2.65. The van der Waals surface area contributed by atoms with Crippen LogP contribution in [-0.4, -0.2) is 42.3 Å². The van der Waals surface area contributed by atoms with E-state index >= 15 is 0 Å². The Morgan fingerprint density at radius 2 is 1.86 bits per heavy atom. The Bertz CT molecular complexity index is 523. The third-order valence-electron chi connectivity index (χ3n) is 5.42. The molecule has 29 heavy (non-hydrogen) atoms. The van der Waals surface area contributed by atoms with E-state index in [0.29, 0.717) is 18.3 Å². The van der Waals surface area contributed by atoms with Crippen LogP contribution in [0.5, 0.6) is 0 Å². The maximum absolute atomic E-state index is 11.0. The van der Waals surface area contributed by atoms with Crippen molar-refractivity contribution in [2.75, 3.05) is 13.9 Å². The summed E-state index contributed by atoms with van der Waals surface area (Å²) in [4.78, 5) is 11.0. The number of aliphatic carboxylic acids is 1. The van der Waals surface area contributed by atoms with Crippen LogP contribution in [0.2, 0.25) is 0 Å². The highest BCUT2D eigenvalue weighted by Crippen LogP contribution is 2.25. The van der Waals surface area contributed by atoms with Gasteiger partial charge in [-0.05, 0) is 56.8 Å². The van der Waals surface area contributed by atoms with Crippen molar-refractivity contribution in [1.82, 2.24) is 0 Å². The molecule has 0 aliphatic heterocycles. The van der Waals surface area contributed by atoms with Crippen LogP contribution in [0.3, 0.4) is 0 Å². The van der Waals surface area contributed by atoms with E-state index in [4.69, 9.17) is 14.6 Å². The van der Waals surface area contributed by atoms with Gasteiger partial charge in [0.05, 0.1) is 12.2 Å². The van der Waals surface area contributed by atoms with Crippen LogP contribution in [0.4, 0.5) is 0 Å². The average molecular weight is 411 g/mol. The number of allylic oxidation sites excluding steroid dienone is 2. The molecule has 4 atom stereocenters. The Balaban J connectivity index is 4.49. The van der Waals surface area contributed by atoms with Crippen molar-refractivity contribution in [3.63, 3.8) is 0 Å². The molecule has 0 spiro atoms. The molecular formula is C24H42O5. The zero-order chi connectivity index (χ0) is 22.4. The predicted octanol–water partition coefficient (Wildman–Crippen LogP) is 5.36. The Morgan fingerprint density at radius 1 is 1.21 bits per heavy atom. The second kappa shape index (κ2) is 15.4. The molecule has 0 aromatic rings. The molecule has 0 aromatic heterocycles. The van der Waals surface area contributed by atoms with Crippen molar-refractivity contribution in [1.29, 1.82) is 0 Å². The summed E-state index contributed by atoms with van der Waals surface area (Å²) in [5.41, 5.74) is 1.50. The number of rotatable bonds is 17. The first-order valence-corrected chi connectivity index (χ1v) is 10.6. The summed E-state index contributed by atoms with van der Waals surface area (Å²) in [6.45, 7) is 16.0. The Labute approximate surface area is 177 Å². The lowest BCUT2D eigenvalue weighted by atomic mass is 9.85. The third-order valence-corrected chi connectivity index (χ3v) is 5.42. The van der Waals surface area contributed by atoms with E-state index in [1.165, 1.54) is 5.57 Å². The van der Waals surface area contributed by atoms with Crippen molar-refractivity contribution in [3.05, 3.63) is 36.5 Å². The maximum Gasteiger partial charge on any atom is 0.331 e. The molecule has 0 bridgehead atoms. The molecule has 0 aliphatic rings. The molecule has 0 aliphatic carbocycles. The van der Waals surface area contributed by atoms with Gasteiger partial charge in [-0.1, -0.05) is 45.1 Å². The molecule has 0 aromatic carbocycles. The number of hydrogen-bond acceptors (Lipinski definition) is 4. The van der Waals surface area contributed by atoms with Gasteiger partial charge in [0.15, 0.2) is 0 Å². The fraction of sp³-hybridized carbons (Fsp3) is 0.708. The van der Waals surface area contributed by atoms with Crippen LogP contribution in [0.15, 0.2) is 36.5 Å². The van der Waals surface area contributed by atoms with E-state index in [1.54, 1.807) is 13.2 Å². The fourth-order valence-corrected chi connectivity index (χ4v) is 3.49. The van der Waals surface area contributed by atoms with E-state index in [1.807, 2.05) is 0 Å². The molecule has 0 radical (unpaired) electrons. The minimum absolute atomic E-state index is 0.150.